The molecule has 0 aliphatic carbocycles. The molecule has 0 unspecified atom stereocenters. The Morgan fingerprint density at radius 2 is 1.83 bits per heavy atom. The van der Waals surface area contributed by atoms with Crippen molar-refractivity contribution in [2.24, 2.45) is 0 Å². The highest BCUT2D eigenvalue weighted by atomic mass is 35.5. The minimum Gasteiger partial charge on any atom is -1.00 e. The molecule has 5 heteroatoms. The number of halogens is 1. The number of nitrogens with one attached hydrogen (secondary N) is 1. The number of carboxylic acids is 1. The van der Waals surface area contributed by atoms with Crippen LogP contribution in [0.1, 0.15) is 10.4 Å². The fourth-order valence-electron chi connectivity index (χ4n) is 0.731. The van der Waals surface area contributed by atoms with Gasteiger partial charge >= 0.3 is 5.97 Å². The van der Waals surface area contributed by atoms with Crippen molar-refractivity contribution in [1.82, 2.24) is 0 Å². The van der Waals surface area contributed by atoms with Gasteiger partial charge in [-0.2, -0.15) is 0 Å². The van der Waals surface area contributed by atoms with E-state index in [0.717, 1.165) is 5.69 Å². The molecule has 0 bridgehead atoms. The standard InChI is InChI=1S/C7H8N2O2.ClH/c8-9-6-3-1-5(2-4-6)7(10)11;/h1-4,9H,8H2,(H,10,11);1H. The number of aromatic carboxylic acids is 1. The van der Waals surface area contributed by atoms with E-state index in [0.29, 0.717) is 0 Å². The van der Waals surface area contributed by atoms with Gasteiger partial charge in [0.1, 0.15) is 0 Å². The Balaban J connectivity index is 0.00000121. The van der Waals surface area contributed by atoms with E-state index in [1.54, 1.807) is 12.1 Å². The van der Waals surface area contributed by atoms with E-state index in [1.165, 1.54) is 12.1 Å². The predicted molar refractivity (Wildman–Crippen MR) is 39.9 cm³/mol. The minimum absolute atomic E-state index is 0. The van der Waals surface area contributed by atoms with Gasteiger partial charge in [-0.15, -0.1) is 0 Å². The Morgan fingerprint density at radius 1 is 1.33 bits per heavy atom. The quantitative estimate of drug-likeness (QED) is 0.432. The average Bonchev–Trinajstić information content (AvgIpc) is 2.05. The van der Waals surface area contributed by atoms with Crippen molar-refractivity contribution in [3.8, 4) is 0 Å². The molecular formula is C7H9ClN2O2. The summed E-state index contributed by atoms with van der Waals surface area (Å²) in [4.78, 5) is 10.4. The highest BCUT2D eigenvalue weighted by molar-refractivity contribution is 5.87. The average molecular weight is 189 g/mol. The molecule has 0 saturated heterocycles. The number of rotatable bonds is 2. The van der Waals surface area contributed by atoms with E-state index in [2.05, 4.69) is 11.3 Å². The van der Waals surface area contributed by atoms with Gasteiger partial charge in [0.15, 0.2) is 0 Å². The van der Waals surface area contributed by atoms with Crippen LogP contribution in [0.25, 0.3) is 0 Å². The van der Waals surface area contributed by atoms with Gasteiger partial charge in [0.2, 0.25) is 0 Å². The Bertz CT molecular complexity index is 261. The molecule has 1 aromatic carbocycles. The lowest BCUT2D eigenvalue weighted by molar-refractivity contribution is -0.325. The lowest BCUT2D eigenvalue weighted by Crippen LogP contribution is -3.00. The molecule has 1 aromatic rings. The third-order valence-electron chi connectivity index (χ3n) is 1.34. The first-order valence-electron chi connectivity index (χ1n) is 3.10. The monoisotopic (exact) mass is 188 g/mol. The van der Waals surface area contributed by atoms with Gasteiger partial charge < -0.3 is 17.5 Å². The highest BCUT2D eigenvalue weighted by Crippen LogP contribution is 2.06. The summed E-state index contributed by atoms with van der Waals surface area (Å²) >= 11 is 0. The molecule has 66 valence electrons. The smallest absolute Gasteiger partial charge is 0.335 e. The van der Waals surface area contributed by atoms with E-state index in [-0.39, 0.29) is 18.0 Å². The first kappa shape index (κ1) is 10.7. The molecule has 5 N–H and O–H groups in total. The maximum absolute atomic E-state index is 10.4. The molecule has 4 nitrogen and oxygen atoms in total. The van der Waals surface area contributed by atoms with Crippen LogP contribution in [0, 0.1) is 0 Å². The van der Waals surface area contributed by atoms with Gasteiger partial charge in [-0.1, -0.05) is 0 Å². The van der Waals surface area contributed by atoms with Crippen LogP contribution in [-0.2, 0) is 0 Å². The zero-order chi connectivity index (χ0) is 8.27. The van der Waals surface area contributed by atoms with Gasteiger partial charge in [0, 0.05) is 0 Å². The fourth-order valence-corrected chi connectivity index (χ4v) is 0.731. The second kappa shape index (κ2) is 4.58. The van der Waals surface area contributed by atoms with Crippen molar-refractivity contribution in [2.45, 2.75) is 0 Å². The lowest BCUT2D eigenvalue weighted by atomic mass is 10.2. The summed E-state index contributed by atoms with van der Waals surface area (Å²) in [5.74, 6) is 2.52. The summed E-state index contributed by atoms with van der Waals surface area (Å²) in [6, 6.07) is 6.37. The molecule has 0 radical (unpaired) electrons. The Hall–Kier alpha value is -1.26. The SMILES string of the molecule is [Cl-].[NH3+]Nc1ccc(C(=O)O)cc1. The van der Waals surface area contributed by atoms with E-state index in [4.69, 9.17) is 5.11 Å². The number of quaternary nitrogens is 1. The number of hydrogen-bond donors (Lipinski definition) is 3. The fraction of sp³-hybridized carbons (Fsp3) is 0. The molecular weight excluding hydrogens is 180 g/mol. The van der Waals surface area contributed by atoms with Gasteiger partial charge in [-0.3, -0.25) is 5.84 Å². The predicted octanol–water partition coefficient (Wildman–Crippen LogP) is -3.04. The van der Waals surface area contributed by atoms with Crippen LogP contribution in [0.5, 0.6) is 0 Å². The Morgan fingerprint density at radius 3 is 2.17 bits per heavy atom. The molecule has 12 heavy (non-hydrogen) atoms. The summed E-state index contributed by atoms with van der Waals surface area (Å²) in [5.41, 5.74) is 3.73. The van der Waals surface area contributed by atoms with Gasteiger partial charge in [-0.25, -0.2) is 10.2 Å². The number of anilines is 1. The molecule has 0 amide bonds. The molecule has 0 saturated carbocycles. The third-order valence-corrected chi connectivity index (χ3v) is 1.34. The summed E-state index contributed by atoms with van der Waals surface area (Å²) in [6.45, 7) is 0. The van der Waals surface area contributed by atoms with Crippen LogP contribution < -0.4 is 23.7 Å². The van der Waals surface area contributed by atoms with Crippen LogP contribution in [0.15, 0.2) is 24.3 Å². The molecule has 0 atom stereocenters. The highest BCUT2D eigenvalue weighted by Gasteiger charge is 2.00. The summed E-state index contributed by atoms with van der Waals surface area (Å²) in [6.07, 6.45) is 0. The zero-order valence-electron chi connectivity index (χ0n) is 6.25. The van der Waals surface area contributed by atoms with Crippen molar-refractivity contribution in [2.75, 3.05) is 5.43 Å². The molecule has 0 aromatic heterocycles. The van der Waals surface area contributed by atoms with Crippen LogP contribution >= 0.6 is 0 Å². The largest absolute Gasteiger partial charge is 1.00 e. The van der Waals surface area contributed by atoms with Gasteiger partial charge in [0.05, 0.1) is 11.3 Å². The topological polar surface area (TPSA) is 77.0 Å². The Labute approximate surface area is 75.8 Å². The van der Waals surface area contributed by atoms with Gasteiger partial charge in [0.25, 0.3) is 0 Å². The first-order chi connectivity index (χ1) is 5.24. The van der Waals surface area contributed by atoms with Crippen LogP contribution in [-0.4, -0.2) is 11.1 Å². The molecule has 0 aliphatic rings. The van der Waals surface area contributed by atoms with E-state index >= 15 is 0 Å². The normalized spacial score (nSPS) is 8.42. The minimum atomic E-state index is -0.916. The summed E-state index contributed by atoms with van der Waals surface area (Å²) in [5, 5.41) is 8.51. The molecule has 1 rings (SSSR count). The van der Waals surface area contributed by atoms with Crippen molar-refractivity contribution >= 4 is 11.7 Å². The number of carboxylic acid groups (broad SMARTS) is 1. The van der Waals surface area contributed by atoms with Crippen LogP contribution in [0.2, 0.25) is 0 Å². The zero-order valence-corrected chi connectivity index (χ0v) is 7.01. The number of hydrogen-bond acceptors (Lipinski definition) is 2. The van der Waals surface area contributed by atoms with Crippen LogP contribution in [0.3, 0.4) is 0 Å². The third kappa shape index (κ3) is 2.41. The number of carbonyl (C=O) groups is 1. The van der Waals surface area contributed by atoms with Crippen molar-refractivity contribution < 1.29 is 28.2 Å². The lowest BCUT2D eigenvalue weighted by Gasteiger charge is -1.96. The summed E-state index contributed by atoms with van der Waals surface area (Å²) < 4.78 is 0. The van der Waals surface area contributed by atoms with E-state index in [9.17, 15) is 4.79 Å². The van der Waals surface area contributed by atoms with Crippen LogP contribution in [0.4, 0.5) is 5.69 Å². The molecule has 0 aliphatic heterocycles. The maximum Gasteiger partial charge on any atom is 0.335 e. The second-order valence-corrected chi connectivity index (χ2v) is 2.06. The molecule has 0 heterocycles. The first-order valence-corrected chi connectivity index (χ1v) is 3.10. The van der Waals surface area contributed by atoms with Crippen molar-refractivity contribution in [1.29, 1.82) is 0 Å². The van der Waals surface area contributed by atoms with E-state index < -0.39 is 5.97 Å². The Kier molecular flexibility index (Phi) is 4.10. The number of benzene rings is 1. The van der Waals surface area contributed by atoms with Crippen molar-refractivity contribution in [3.05, 3.63) is 29.8 Å². The maximum atomic E-state index is 10.4. The summed E-state index contributed by atoms with van der Waals surface area (Å²) in [7, 11) is 0. The van der Waals surface area contributed by atoms with Gasteiger partial charge in [-0.05, 0) is 24.3 Å². The molecule has 0 fully saturated rings. The van der Waals surface area contributed by atoms with Crippen molar-refractivity contribution in [3.63, 3.8) is 0 Å². The second-order valence-electron chi connectivity index (χ2n) is 2.06. The molecule has 0 spiro atoms. The van der Waals surface area contributed by atoms with E-state index in [1.807, 2.05) is 0 Å².